The van der Waals surface area contributed by atoms with E-state index in [0.29, 0.717) is 116 Å². The molecule has 30 N–H and O–H groups in total. The van der Waals surface area contributed by atoms with Gasteiger partial charge in [-0.3, -0.25) is 76.7 Å². The molecule has 1 aliphatic rings. The molecular formula is C88H167N23O16. The fourth-order valence-electron chi connectivity index (χ4n) is 15.0. The molecule has 730 valence electrons. The molecule has 0 saturated carbocycles. The quantitative estimate of drug-likeness (QED) is 0.0340. The molecule has 0 aliphatic carbocycles. The third-order valence-electron chi connectivity index (χ3n) is 21.8. The van der Waals surface area contributed by atoms with Gasteiger partial charge in [0.15, 0.2) is 0 Å². The van der Waals surface area contributed by atoms with Gasteiger partial charge in [-0.15, -0.1) is 0 Å². The van der Waals surface area contributed by atoms with Crippen molar-refractivity contribution >= 4 is 94.5 Å². The number of hydrogen-bond donors (Lipinski definition) is 22. The van der Waals surface area contributed by atoms with Gasteiger partial charge in [-0.1, -0.05) is 83.1 Å². The second-order valence-corrected chi connectivity index (χ2v) is 36.6. The first-order valence-corrected chi connectivity index (χ1v) is 46.8. The summed E-state index contributed by atoms with van der Waals surface area (Å²) in [6.07, 6.45) is 8.48. The molecule has 0 aromatic rings. The van der Waals surface area contributed by atoms with E-state index in [9.17, 15) is 71.9 Å². The van der Waals surface area contributed by atoms with Gasteiger partial charge in [-0.05, 0) is 274 Å². The summed E-state index contributed by atoms with van der Waals surface area (Å²) in [7, 11) is 0. The van der Waals surface area contributed by atoms with Crippen LogP contribution in [0, 0.1) is 35.5 Å². The molecule has 0 aromatic heterocycles. The Labute approximate surface area is 754 Å². The average molecular weight is 1800 g/mol. The molecule has 16 amide bonds. The molecule has 1 rings (SSSR count). The number of likely N-dealkylation sites (tertiary alicyclic amines) is 1. The molecule has 0 unspecified atom stereocenters. The van der Waals surface area contributed by atoms with Gasteiger partial charge >= 0.3 is 0 Å². The first-order chi connectivity index (χ1) is 60.0. The van der Waals surface area contributed by atoms with Crippen LogP contribution in [-0.2, 0) is 76.7 Å². The number of primary amides is 1. The van der Waals surface area contributed by atoms with Gasteiger partial charge in [0.05, 0.1) is 0 Å². The summed E-state index contributed by atoms with van der Waals surface area (Å²) in [5.41, 5.74) is 46.5. The van der Waals surface area contributed by atoms with Gasteiger partial charge in [-0.25, -0.2) is 0 Å². The Hall–Kier alpha value is -8.76. The van der Waals surface area contributed by atoms with Crippen molar-refractivity contribution in [1.29, 1.82) is 0 Å². The number of unbranched alkanes of at least 4 members (excludes halogenated alkanes) is 7. The van der Waals surface area contributed by atoms with Crippen molar-refractivity contribution in [2.24, 2.45) is 81.4 Å². The van der Waals surface area contributed by atoms with Crippen molar-refractivity contribution in [3.05, 3.63) is 0 Å². The Kier molecular flexibility index (Phi) is 59.4. The number of hydrogen-bond acceptors (Lipinski definition) is 23. The Balaban J connectivity index is 3.66. The molecule has 1 saturated heterocycles. The third-order valence-corrected chi connectivity index (χ3v) is 21.8. The maximum Gasteiger partial charge on any atom is 0.245 e. The molecule has 127 heavy (non-hydrogen) atoms. The molecular weight excluding hydrogens is 1640 g/mol. The lowest BCUT2D eigenvalue weighted by Crippen LogP contribution is -2.61. The van der Waals surface area contributed by atoms with Crippen LogP contribution < -0.4 is 120 Å². The van der Waals surface area contributed by atoms with Crippen molar-refractivity contribution in [2.75, 3.05) is 52.4 Å². The zero-order valence-electron chi connectivity index (χ0n) is 78.9. The van der Waals surface area contributed by atoms with Crippen molar-refractivity contribution in [3.63, 3.8) is 0 Å². The smallest absolute Gasteiger partial charge is 0.245 e. The fraction of sp³-hybridized carbons (Fsp3) is 0.818. The second-order valence-electron chi connectivity index (χ2n) is 36.6. The zero-order chi connectivity index (χ0) is 96.0. The minimum atomic E-state index is -1.34. The van der Waals surface area contributed by atoms with Gasteiger partial charge in [0, 0.05) is 13.5 Å². The van der Waals surface area contributed by atoms with Crippen LogP contribution >= 0.6 is 0 Å². The molecule has 39 heteroatoms. The fourth-order valence-corrected chi connectivity index (χ4v) is 15.0. The number of nitrogens with one attached hydrogen (secondary N) is 14. The molecule has 0 bridgehead atoms. The maximum atomic E-state index is 15.1. The van der Waals surface area contributed by atoms with Crippen molar-refractivity contribution in [2.45, 2.75) is 374 Å². The first-order valence-electron chi connectivity index (χ1n) is 46.8. The number of carbonyl (C=O) groups is 16. The summed E-state index contributed by atoms with van der Waals surface area (Å²) < 4.78 is 0. The predicted octanol–water partition coefficient (Wildman–Crippen LogP) is -0.531. The van der Waals surface area contributed by atoms with Crippen LogP contribution in [-0.4, -0.2) is 242 Å². The van der Waals surface area contributed by atoms with E-state index in [2.05, 4.69) is 74.4 Å². The summed E-state index contributed by atoms with van der Waals surface area (Å²) in [4.78, 5) is 229. The summed E-state index contributed by atoms with van der Waals surface area (Å²) in [6, 6.07) is -18.0. The first kappa shape index (κ1) is 116. The molecule has 1 heterocycles. The Morgan fingerprint density at radius 3 is 0.717 bits per heavy atom. The van der Waals surface area contributed by atoms with Crippen LogP contribution in [0.5, 0.6) is 0 Å². The standard InChI is InChI=1S/C88H167N23O16/c1-52(2)46-67(105-75(114)58(13)97-76(115)62(32-17-24-40-91)101-83(122)69(48-54(5)6)109-86(125)71(50-56(9)10)106-79(118)64(34-19-26-42-93)100-77(116)61(98-59(14)112)31-16-23-39-90)82(121)102-63(33-18-25-41-92)78(117)104-66(36-21-28-44-95)88(127)111-45-29-37-73(111)87(126)110-72(51-57(11)12)84(123)103-65(35-20-27-43-94)80(119)107-70(49-55(7)8)85(124)108-68(47-53(3)4)81(120)99-60(74(96)113)30-15-22-38-89/h52-58,60-73H,15-51,89-95H2,1-14H3,(H2,96,113)(H,97,115)(H,98,112)(H,99,120)(H,100,116)(H,101,122)(H,102,121)(H,103,123)(H,104,117)(H,105,114)(H,106,118)(H,107,119)(H,108,124)(H,109,125)(H,110,126)/t58-,60-,61-,62-,63-,64-,65-,66-,67-,68-,69-,70-,71-,72-,73-/m0/s1. The largest absolute Gasteiger partial charge is 0.368 e. The molecule has 39 nitrogen and oxygen atoms in total. The number of nitrogens with zero attached hydrogens (tertiary/aromatic N) is 1. The third kappa shape index (κ3) is 47.9. The Bertz CT molecular complexity index is 3370. The highest BCUT2D eigenvalue weighted by Crippen LogP contribution is 2.23. The Morgan fingerprint density at radius 1 is 0.260 bits per heavy atom. The molecule has 0 spiro atoms. The molecule has 1 aliphatic heterocycles. The van der Waals surface area contributed by atoms with Crippen molar-refractivity contribution in [3.8, 4) is 0 Å². The maximum absolute atomic E-state index is 15.1. The highest BCUT2D eigenvalue weighted by atomic mass is 16.2. The molecule has 15 atom stereocenters. The van der Waals surface area contributed by atoms with Crippen LogP contribution in [0.4, 0.5) is 0 Å². The lowest BCUT2D eigenvalue weighted by Gasteiger charge is -2.31. The SMILES string of the molecule is CC(=O)N[C@@H](CCCCN)C(=O)N[C@@H](CCCCN)C(=O)N[C@@H](CC(C)C)C(=O)N[C@@H](CC(C)C)C(=O)N[C@@H](CCCCN)C(=O)N[C@@H](C)C(=O)N[C@@H](CC(C)C)C(=O)N[C@@H](CCCCN)C(=O)N[C@@H](CCCCN)C(=O)N1CCC[C@H]1C(=O)N[C@@H](CC(C)C)C(=O)N[C@@H](CCCCN)C(=O)N[C@@H](CC(C)C)C(=O)N[C@@H](CC(C)C)C(=O)N[C@@H](CCCCN)C(N)=O. The van der Waals surface area contributed by atoms with E-state index in [1.54, 1.807) is 0 Å². The number of rotatable bonds is 69. The van der Waals surface area contributed by atoms with E-state index in [0.717, 1.165) is 0 Å². The van der Waals surface area contributed by atoms with Crippen LogP contribution in [0.2, 0.25) is 0 Å². The lowest BCUT2D eigenvalue weighted by atomic mass is 9.98. The second kappa shape index (κ2) is 64.9. The molecule has 0 radical (unpaired) electrons. The number of carbonyl (C=O) groups excluding carboxylic acids is 16. The lowest BCUT2D eigenvalue weighted by molar-refractivity contribution is -0.143. The summed E-state index contributed by atoms with van der Waals surface area (Å²) in [6.45, 7) is 26.9. The zero-order valence-corrected chi connectivity index (χ0v) is 78.9. The Morgan fingerprint density at radius 2 is 0.465 bits per heavy atom. The average Bonchev–Trinajstić information content (AvgIpc) is 1.77. The van der Waals surface area contributed by atoms with E-state index in [1.807, 2.05) is 83.1 Å². The van der Waals surface area contributed by atoms with Gasteiger partial charge < -0.3 is 125 Å². The van der Waals surface area contributed by atoms with Gasteiger partial charge in [0.1, 0.15) is 90.6 Å². The highest BCUT2D eigenvalue weighted by molar-refractivity contribution is 6.01. The van der Waals surface area contributed by atoms with E-state index < -0.39 is 185 Å². The molecule has 0 aromatic carbocycles. The van der Waals surface area contributed by atoms with Crippen LogP contribution in [0.3, 0.4) is 0 Å². The predicted molar refractivity (Wildman–Crippen MR) is 489 cm³/mol. The summed E-state index contributed by atoms with van der Waals surface area (Å²) >= 11 is 0. The van der Waals surface area contributed by atoms with E-state index in [-0.39, 0.29) is 158 Å². The number of amides is 16. The van der Waals surface area contributed by atoms with Crippen LogP contribution in [0.25, 0.3) is 0 Å². The van der Waals surface area contributed by atoms with E-state index >= 15 is 4.79 Å². The van der Waals surface area contributed by atoms with E-state index in [4.69, 9.17) is 45.9 Å². The van der Waals surface area contributed by atoms with Crippen molar-refractivity contribution < 1.29 is 76.7 Å². The van der Waals surface area contributed by atoms with E-state index in [1.165, 1.54) is 18.7 Å². The molecule has 1 fully saturated rings. The van der Waals surface area contributed by atoms with Crippen LogP contribution in [0.15, 0.2) is 0 Å². The minimum Gasteiger partial charge on any atom is -0.368 e. The normalized spacial score (nSPS) is 16.1. The van der Waals surface area contributed by atoms with Crippen molar-refractivity contribution in [1.82, 2.24) is 79.3 Å². The van der Waals surface area contributed by atoms with Gasteiger partial charge in [0.2, 0.25) is 94.5 Å². The monoisotopic (exact) mass is 1800 g/mol. The number of nitrogens with two attached hydrogens (primary N) is 8. The minimum absolute atomic E-state index is 0.0348. The summed E-state index contributed by atoms with van der Waals surface area (Å²) in [5.74, 6) is -12.1. The summed E-state index contributed by atoms with van der Waals surface area (Å²) in [5, 5.41) is 38.9. The highest BCUT2D eigenvalue weighted by Gasteiger charge is 2.42. The topological polar surface area (TPSA) is 653 Å². The van der Waals surface area contributed by atoms with Crippen LogP contribution in [0.1, 0.15) is 283 Å². The van der Waals surface area contributed by atoms with Gasteiger partial charge in [-0.2, -0.15) is 0 Å². The van der Waals surface area contributed by atoms with Gasteiger partial charge in [0.25, 0.3) is 0 Å².